The molecule has 0 saturated carbocycles. The van der Waals surface area contributed by atoms with Crippen LogP contribution in [0.25, 0.3) is 0 Å². The highest BCUT2D eigenvalue weighted by Crippen LogP contribution is 2.04. The molecule has 0 aliphatic heterocycles. The van der Waals surface area contributed by atoms with Gasteiger partial charge in [-0.15, -0.1) is 0 Å². The molecule has 0 bridgehead atoms. The third-order valence-corrected chi connectivity index (χ3v) is 3.35. The standard InChI is InChI=1S/C17H29NO2/c1-16(10-11-17-8-4-3-5-9-17)18-12-6-7-13-20-15-14-19-2/h3-5,8-9,16,18H,6-7,10-15H2,1-2H3. The van der Waals surface area contributed by atoms with Gasteiger partial charge in [-0.2, -0.15) is 0 Å². The largest absolute Gasteiger partial charge is 0.382 e. The number of ether oxygens (including phenoxy) is 2. The first kappa shape index (κ1) is 17.2. The summed E-state index contributed by atoms with van der Waals surface area (Å²) in [5.41, 5.74) is 1.42. The van der Waals surface area contributed by atoms with E-state index in [0.29, 0.717) is 19.3 Å². The van der Waals surface area contributed by atoms with Gasteiger partial charge in [0.25, 0.3) is 0 Å². The average Bonchev–Trinajstić information content (AvgIpc) is 2.49. The fourth-order valence-corrected chi connectivity index (χ4v) is 2.05. The lowest BCUT2D eigenvalue weighted by Gasteiger charge is -2.13. The maximum atomic E-state index is 5.43. The normalized spacial score (nSPS) is 12.5. The summed E-state index contributed by atoms with van der Waals surface area (Å²) < 4.78 is 10.4. The molecule has 0 radical (unpaired) electrons. The van der Waals surface area contributed by atoms with Gasteiger partial charge in [-0.05, 0) is 44.7 Å². The predicted molar refractivity (Wildman–Crippen MR) is 84.2 cm³/mol. The minimum absolute atomic E-state index is 0.574. The number of hydrogen-bond donors (Lipinski definition) is 1. The van der Waals surface area contributed by atoms with Crippen LogP contribution in [0.3, 0.4) is 0 Å². The zero-order chi connectivity index (χ0) is 14.5. The number of hydrogen-bond acceptors (Lipinski definition) is 3. The van der Waals surface area contributed by atoms with Crippen molar-refractivity contribution in [1.82, 2.24) is 5.32 Å². The fraction of sp³-hybridized carbons (Fsp3) is 0.647. The summed E-state index contributed by atoms with van der Waals surface area (Å²) in [7, 11) is 1.70. The van der Waals surface area contributed by atoms with Gasteiger partial charge in [0.1, 0.15) is 0 Å². The zero-order valence-corrected chi connectivity index (χ0v) is 12.9. The van der Waals surface area contributed by atoms with Crippen LogP contribution in [0.5, 0.6) is 0 Å². The monoisotopic (exact) mass is 279 g/mol. The third-order valence-electron chi connectivity index (χ3n) is 3.35. The molecule has 20 heavy (non-hydrogen) atoms. The molecule has 0 aromatic heterocycles. The van der Waals surface area contributed by atoms with E-state index in [1.165, 1.54) is 18.4 Å². The molecule has 0 aliphatic rings. The summed E-state index contributed by atoms with van der Waals surface area (Å²) in [5, 5.41) is 3.57. The lowest BCUT2D eigenvalue weighted by molar-refractivity contribution is 0.0687. The molecule has 0 heterocycles. The smallest absolute Gasteiger partial charge is 0.0700 e. The number of rotatable bonds is 12. The van der Waals surface area contributed by atoms with Crippen molar-refractivity contribution >= 4 is 0 Å². The van der Waals surface area contributed by atoms with E-state index in [1.54, 1.807) is 7.11 Å². The second-order valence-electron chi connectivity index (χ2n) is 5.19. The Bertz CT molecular complexity index is 316. The Hall–Kier alpha value is -0.900. The minimum atomic E-state index is 0.574. The van der Waals surface area contributed by atoms with Gasteiger partial charge < -0.3 is 14.8 Å². The number of methoxy groups -OCH3 is 1. The molecule has 3 nitrogen and oxygen atoms in total. The molecule has 3 heteroatoms. The zero-order valence-electron chi connectivity index (χ0n) is 12.9. The van der Waals surface area contributed by atoms with Crippen LogP contribution in [0.2, 0.25) is 0 Å². The predicted octanol–water partition coefficient (Wildman–Crippen LogP) is 3.04. The highest BCUT2D eigenvalue weighted by atomic mass is 16.5. The average molecular weight is 279 g/mol. The summed E-state index contributed by atoms with van der Waals surface area (Å²) in [4.78, 5) is 0. The second kappa shape index (κ2) is 11.9. The molecule has 1 rings (SSSR count). The van der Waals surface area contributed by atoms with E-state index in [1.807, 2.05) is 0 Å². The number of unbranched alkanes of at least 4 members (excludes halogenated alkanes) is 1. The molecule has 1 unspecified atom stereocenters. The van der Waals surface area contributed by atoms with E-state index < -0.39 is 0 Å². The van der Waals surface area contributed by atoms with E-state index in [0.717, 1.165) is 26.0 Å². The molecule has 0 fully saturated rings. The number of benzene rings is 1. The van der Waals surface area contributed by atoms with Crippen molar-refractivity contribution in [3.05, 3.63) is 35.9 Å². The van der Waals surface area contributed by atoms with Crippen LogP contribution in [0.4, 0.5) is 0 Å². The molecule has 1 aromatic carbocycles. The van der Waals surface area contributed by atoms with Gasteiger partial charge in [-0.3, -0.25) is 0 Å². The lowest BCUT2D eigenvalue weighted by Crippen LogP contribution is -2.27. The van der Waals surface area contributed by atoms with Gasteiger partial charge in [-0.25, -0.2) is 0 Å². The molecule has 114 valence electrons. The van der Waals surface area contributed by atoms with Crippen LogP contribution in [0, 0.1) is 0 Å². The molecular weight excluding hydrogens is 250 g/mol. The quantitative estimate of drug-likeness (QED) is 0.597. The van der Waals surface area contributed by atoms with Crippen molar-refractivity contribution in [1.29, 1.82) is 0 Å². The number of nitrogens with one attached hydrogen (secondary N) is 1. The van der Waals surface area contributed by atoms with Gasteiger partial charge >= 0.3 is 0 Å². The number of aryl methyl sites for hydroxylation is 1. The molecule has 0 saturated heterocycles. The Morgan fingerprint density at radius 1 is 1.05 bits per heavy atom. The first-order valence-electron chi connectivity index (χ1n) is 7.67. The van der Waals surface area contributed by atoms with Crippen molar-refractivity contribution in [2.45, 2.75) is 38.6 Å². The van der Waals surface area contributed by atoms with Crippen LogP contribution >= 0.6 is 0 Å². The highest BCUT2D eigenvalue weighted by Gasteiger charge is 2.01. The van der Waals surface area contributed by atoms with Crippen LogP contribution in [0.1, 0.15) is 31.7 Å². The Balaban J connectivity index is 1.91. The van der Waals surface area contributed by atoms with Crippen molar-refractivity contribution in [3.63, 3.8) is 0 Å². The van der Waals surface area contributed by atoms with E-state index in [2.05, 4.69) is 42.6 Å². The van der Waals surface area contributed by atoms with Crippen molar-refractivity contribution < 1.29 is 9.47 Å². The van der Waals surface area contributed by atoms with Crippen molar-refractivity contribution in [2.24, 2.45) is 0 Å². The summed E-state index contributed by atoms with van der Waals surface area (Å²) in [5.74, 6) is 0. The molecule has 0 amide bonds. The van der Waals surface area contributed by atoms with E-state index >= 15 is 0 Å². The van der Waals surface area contributed by atoms with Crippen molar-refractivity contribution in [2.75, 3.05) is 33.5 Å². The topological polar surface area (TPSA) is 30.5 Å². The Morgan fingerprint density at radius 3 is 2.60 bits per heavy atom. The molecule has 1 N–H and O–H groups in total. The van der Waals surface area contributed by atoms with Crippen LogP contribution in [-0.4, -0.2) is 39.5 Å². The summed E-state index contributed by atoms with van der Waals surface area (Å²) in [6, 6.07) is 11.3. The SMILES string of the molecule is COCCOCCCCNC(C)CCc1ccccc1. The van der Waals surface area contributed by atoms with Crippen molar-refractivity contribution in [3.8, 4) is 0 Å². The minimum Gasteiger partial charge on any atom is -0.382 e. The summed E-state index contributed by atoms with van der Waals surface area (Å²) in [6.45, 7) is 5.57. The Kier molecular flexibility index (Phi) is 10.2. The van der Waals surface area contributed by atoms with Gasteiger partial charge in [0, 0.05) is 19.8 Å². The van der Waals surface area contributed by atoms with Crippen LogP contribution < -0.4 is 5.32 Å². The molecular formula is C17H29NO2. The van der Waals surface area contributed by atoms with Crippen LogP contribution in [-0.2, 0) is 15.9 Å². The summed E-state index contributed by atoms with van der Waals surface area (Å²) in [6.07, 6.45) is 4.62. The van der Waals surface area contributed by atoms with Gasteiger partial charge in [-0.1, -0.05) is 30.3 Å². The molecule has 1 atom stereocenters. The van der Waals surface area contributed by atoms with Gasteiger partial charge in [0.2, 0.25) is 0 Å². The Morgan fingerprint density at radius 2 is 1.85 bits per heavy atom. The second-order valence-corrected chi connectivity index (χ2v) is 5.19. The van der Waals surface area contributed by atoms with Gasteiger partial charge in [0.05, 0.1) is 13.2 Å². The maximum absolute atomic E-state index is 5.43. The lowest BCUT2D eigenvalue weighted by atomic mass is 10.1. The molecule has 0 spiro atoms. The van der Waals surface area contributed by atoms with E-state index in [4.69, 9.17) is 9.47 Å². The third kappa shape index (κ3) is 9.08. The first-order valence-corrected chi connectivity index (χ1v) is 7.67. The van der Waals surface area contributed by atoms with Gasteiger partial charge in [0.15, 0.2) is 0 Å². The summed E-state index contributed by atoms with van der Waals surface area (Å²) >= 11 is 0. The van der Waals surface area contributed by atoms with Crippen LogP contribution in [0.15, 0.2) is 30.3 Å². The molecule has 0 aliphatic carbocycles. The molecule has 1 aromatic rings. The maximum Gasteiger partial charge on any atom is 0.0700 e. The first-order chi connectivity index (χ1) is 9.83. The Labute approximate surface area is 123 Å². The van der Waals surface area contributed by atoms with E-state index in [-0.39, 0.29) is 0 Å². The fourth-order valence-electron chi connectivity index (χ4n) is 2.05. The highest BCUT2D eigenvalue weighted by molar-refractivity contribution is 5.14. The van der Waals surface area contributed by atoms with E-state index in [9.17, 15) is 0 Å².